The molecular weight excluding hydrogens is 198 g/mol. The third kappa shape index (κ3) is 2.37. The monoisotopic (exact) mass is 215 g/mol. The van der Waals surface area contributed by atoms with Crippen molar-refractivity contribution >= 4 is 11.4 Å². The van der Waals surface area contributed by atoms with Gasteiger partial charge in [-0.1, -0.05) is 0 Å². The summed E-state index contributed by atoms with van der Waals surface area (Å²) >= 11 is 0. The van der Waals surface area contributed by atoms with Gasteiger partial charge in [0.05, 0.1) is 0 Å². The normalized spacial score (nSPS) is 10.1. The number of rotatable bonds is 4. The van der Waals surface area contributed by atoms with Crippen LogP contribution in [-0.4, -0.2) is 19.1 Å². The minimum Gasteiger partial charge on any atom is -0.388 e. The topological polar surface area (TPSA) is 31.1 Å². The predicted octanol–water partition coefficient (Wildman–Crippen LogP) is 2.69. The van der Waals surface area contributed by atoms with Gasteiger partial charge in [0.1, 0.15) is 0 Å². The molecule has 0 saturated heterocycles. The Kier molecular flexibility index (Phi) is 3.15. The lowest BCUT2D eigenvalue weighted by atomic mass is 10.2. The van der Waals surface area contributed by atoms with Crippen molar-refractivity contribution in [2.24, 2.45) is 0 Å². The van der Waals surface area contributed by atoms with Crippen LogP contribution >= 0.6 is 0 Å². The molecule has 0 aliphatic rings. The summed E-state index contributed by atoms with van der Waals surface area (Å²) in [4.78, 5) is 5.29. The zero-order chi connectivity index (χ0) is 11.4. The summed E-state index contributed by atoms with van der Waals surface area (Å²) in [6, 6.07) is 10.5. The summed E-state index contributed by atoms with van der Waals surface area (Å²) in [5, 5.41) is 3.12. The van der Waals surface area contributed by atoms with Gasteiger partial charge in [0, 0.05) is 44.4 Å². The van der Waals surface area contributed by atoms with Gasteiger partial charge in [-0.2, -0.15) is 0 Å². The van der Waals surface area contributed by atoms with Gasteiger partial charge in [0.25, 0.3) is 0 Å². The standard InChI is InChI=1S/C13H17N3/c1-14-12-3-5-13(6-4-12)16(2)10-11-7-8-15-9-11/h3-9,14-15H,10H2,1-2H3. The molecule has 3 nitrogen and oxygen atoms in total. The fourth-order valence-electron chi connectivity index (χ4n) is 1.70. The molecule has 3 heteroatoms. The quantitative estimate of drug-likeness (QED) is 0.821. The lowest BCUT2D eigenvalue weighted by Gasteiger charge is -2.18. The fraction of sp³-hybridized carbons (Fsp3) is 0.231. The summed E-state index contributed by atoms with van der Waals surface area (Å²) in [5.41, 5.74) is 3.65. The van der Waals surface area contributed by atoms with E-state index in [2.05, 4.69) is 52.6 Å². The van der Waals surface area contributed by atoms with Crippen molar-refractivity contribution in [3.05, 3.63) is 48.3 Å². The SMILES string of the molecule is CNc1ccc(N(C)Cc2cc[nH]c2)cc1. The molecule has 16 heavy (non-hydrogen) atoms. The van der Waals surface area contributed by atoms with Crippen LogP contribution in [0.2, 0.25) is 0 Å². The Hall–Kier alpha value is -1.90. The maximum atomic E-state index is 3.12. The number of hydrogen-bond donors (Lipinski definition) is 2. The smallest absolute Gasteiger partial charge is 0.0441 e. The summed E-state index contributed by atoms with van der Waals surface area (Å²) in [7, 11) is 4.03. The minimum atomic E-state index is 0.919. The largest absolute Gasteiger partial charge is 0.388 e. The molecule has 0 unspecified atom stereocenters. The Balaban J connectivity index is 2.05. The first kappa shape index (κ1) is 10.6. The maximum Gasteiger partial charge on any atom is 0.0441 e. The molecule has 0 fully saturated rings. The van der Waals surface area contributed by atoms with E-state index in [9.17, 15) is 0 Å². The molecule has 0 spiro atoms. The van der Waals surface area contributed by atoms with Crippen molar-refractivity contribution in [3.8, 4) is 0 Å². The first-order chi connectivity index (χ1) is 7.79. The van der Waals surface area contributed by atoms with Crippen LogP contribution in [0.3, 0.4) is 0 Å². The molecule has 1 aromatic heterocycles. The number of anilines is 2. The number of H-pyrrole nitrogens is 1. The highest BCUT2D eigenvalue weighted by molar-refractivity contribution is 5.54. The van der Waals surface area contributed by atoms with Crippen LogP contribution in [0.4, 0.5) is 11.4 Å². The average molecular weight is 215 g/mol. The Bertz CT molecular complexity index is 417. The molecule has 0 bridgehead atoms. The third-order valence-corrected chi connectivity index (χ3v) is 2.68. The Morgan fingerprint density at radius 3 is 2.50 bits per heavy atom. The van der Waals surface area contributed by atoms with Gasteiger partial charge in [-0.3, -0.25) is 0 Å². The van der Waals surface area contributed by atoms with Crippen molar-refractivity contribution in [1.29, 1.82) is 0 Å². The second-order valence-corrected chi connectivity index (χ2v) is 3.87. The summed E-state index contributed by atoms with van der Waals surface area (Å²) in [6.07, 6.45) is 3.98. The van der Waals surface area contributed by atoms with Crippen LogP contribution in [0, 0.1) is 0 Å². The molecule has 1 aromatic carbocycles. The van der Waals surface area contributed by atoms with E-state index in [0.717, 1.165) is 12.2 Å². The van der Waals surface area contributed by atoms with Gasteiger partial charge in [-0.05, 0) is 35.9 Å². The molecule has 2 aromatic rings. The lowest BCUT2D eigenvalue weighted by Crippen LogP contribution is -2.15. The van der Waals surface area contributed by atoms with Crippen LogP contribution in [0.25, 0.3) is 0 Å². The zero-order valence-electron chi connectivity index (χ0n) is 9.70. The van der Waals surface area contributed by atoms with Crippen LogP contribution in [-0.2, 0) is 6.54 Å². The summed E-state index contributed by atoms with van der Waals surface area (Å²) in [6.45, 7) is 0.919. The molecule has 0 saturated carbocycles. The van der Waals surface area contributed by atoms with E-state index in [4.69, 9.17) is 0 Å². The van der Waals surface area contributed by atoms with Crippen LogP contribution < -0.4 is 10.2 Å². The maximum absolute atomic E-state index is 3.12. The molecule has 2 rings (SSSR count). The minimum absolute atomic E-state index is 0.919. The van der Waals surface area contributed by atoms with Gasteiger partial charge in [-0.15, -0.1) is 0 Å². The van der Waals surface area contributed by atoms with E-state index in [1.165, 1.54) is 11.3 Å². The van der Waals surface area contributed by atoms with Crippen molar-refractivity contribution in [1.82, 2.24) is 4.98 Å². The Morgan fingerprint density at radius 1 is 1.19 bits per heavy atom. The highest BCUT2D eigenvalue weighted by atomic mass is 15.1. The van der Waals surface area contributed by atoms with E-state index in [-0.39, 0.29) is 0 Å². The van der Waals surface area contributed by atoms with Gasteiger partial charge >= 0.3 is 0 Å². The highest BCUT2D eigenvalue weighted by Crippen LogP contribution is 2.18. The van der Waals surface area contributed by atoms with Crippen molar-refractivity contribution in [3.63, 3.8) is 0 Å². The molecular formula is C13H17N3. The fourth-order valence-corrected chi connectivity index (χ4v) is 1.70. The second kappa shape index (κ2) is 4.75. The predicted molar refractivity (Wildman–Crippen MR) is 68.9 cm³/mol. The number of aromatic nitrogens is 1. The summed E-state index contributed by atoms with van der Waals surface area (Å²) < 4.78 is 0. The van der Waals surface area contributed by atoms with Gasteiger partial charge in [0.2, 0.25) is 0 Å². The average Bonchev–Trinajstić information content (AvgIpc) is 2.82. The van der Waals surface area contributed by atoms with E-state index in [1.807, 2.05) is 19.4 Å². The molecule has 2 N–H and O–H groups in total. The molecule has 84 valence electrons. The van der Waals surface area contributed by atoms with E-state index in [0.29, 0.717) is 0 Å². The molecule has 0 atom stereocenters. The van der Waals surface area contributed by atoms with E-state index < -0.39 is 0 Å². The second-order valence-electron chi connectivity index (χ2n) is 3.87. The Morgan fingerprint density at radius 2 is 1.94 bits per heavy atom. The number of aromatic amines is 1. The van der Waals surface area contributed by atoms with Crippen molar-refractivity contribution < 1.29 is 0 Å². The Labute approximate surface area is 96.1 Å². The number of nitrogens with zero attached hydrogens (tertiary/aromatic N) is 1. The third-order valence-electron chi connectivity index (χ3n) is 2.68. The lowest BCUT2D eigenvalue weighted by molar-refractivity contribution is 0.925. The van der Waals surface area contributed by atoms with Gasteiger partial charge in [-0.25, -0.2) is 0 Å². The molecule has 0 aliphatic carbocycles. The van der Waals surface area contributed by atoms with Crippen LogP contribution in [0.5, 0.6) is 0 Å². The van der Waals surface area contributed by atoms with Crippen LogP contribution in [0.1, 0.15) is 5.56 Å². The van der Waals surface area contributed by atoms with Crippen LogP contribution in [0.15, 0.2) is 42.7 Å². The molecule has 0 radical (unpaired) electrons. The first-order valence-electron chi connectivity index (χ1n) is 5.40. The van der Waals surface area contributed by atoms with E-state index in [1.54, 1.807) is 0 Å². The number of hydrogen-bond acceptors (Lipinski definition) is 2. The molecule has 1 heterocycles. The summed E-state index contributed by atoms with van der Waals surface area (Å²) in [5.74, 6) is 0. The van der Waals surface area contributed by atoms with Crippen molar-refractivity contribution in [2.75, 3.05) is 24.3 Å². The number of benzene rings is 1. The van der Waals surface area contributed by atoms with Gasteiger partial charge in [0.15, 0.2) is 0 Å². The number of nitrogens with one attached hydrogen (secondary N) is 2. The van der Waals surface area contributed by atoms with E-state index >= 15 is 0 Å². The zero-order valence-corrected chi connectivity index (χ0v) is 9.70. The first-order valence-corrected chi connectivity index (χ1v) is 5.40. The van der Waals surface area contributed by atoms with Crippen molar-refractivity contribution in [2.45, 2.75) is 6.54 Å². The molecule has 0 amide bonds. The highest BCUT2D eigenvalue weighted by Gasteiger charge is 2.01. The molecule has 0 aliphatic heterocycles. The van der Waals surface area contributed by atoms with Gasteiger partial charge < -0.3 is 15.2 Å².